The quantitative estimate of drug-likeness (QED) is 0.308. The Morgan fingerprint density at radius 3 is 2.17 bits per heavy atom. The molecule has 0 fully saturated rings. The molecule has 0 spiro atoms. The van der Waals surface area contributed by atoms with E-state index in [0.29, 0.717) is 38.8 Å². The summed E-state index contributed by atoms with van der Waals surface area (Å²) in [5, 5.41) is 6.42. The lowest BCUT2D eigenvalue weighted by Crippen LogP contribution is -2.36. The average molecular weight is 527 g/mol. The highest BCUT2D eigenvalue weighted by molar-refractivity contribution is 6.43. The van der Waals surface area contributed by atoms with Gasteiger partial charge in [-0.25, -0.2) is 4.68 Å². The maximum atomic E-state index is 13.2. The molecule has 1 aromatic heterocycles. The molecule has 1 heterocycles. The molecule has 0 saturated heterocycles. The Kier molecular flexibility index (Phi) is 7.33. The zero-order valence-electron chi connectivity index (χ0n) is 19.1. The second kappa shape index (κ2) is 10.6. The van der Waals surface area contributed by atoms with Crippen LogP contribution in [0.1, 0.15) is 10.5 Å². The number of nitrogens with zero attached hydrogens (tertiary/aromatic N) is 1. The molecule has 3 aromatic carbocycles. The number of anilines is 2. The number of amides is 3. The molecule has 0 aliphatic rings. The third kappa shape index (κ3) is 5.22. The monoisotopic (exact) mass is 526 g/mol. The molecule has 9 nitrogen and oxygen atoms in total. The van der Waals surface area contributed by atoms with Gasteiger partial charge in [-0.1, -0.05) is 35.3 Å². The van der Waals surface area contributed by atoms with Gasteiger partial charge in [0.25, 0.3) is 5.91 Å². The number of benzene rings is 3. The van der Waals surface area contributed by atoms with Gasteiger partial charge in [0, 0.05) is 16.8 Å². The highest BCUT2D eigenvalue weighted by atomic mass is 35.5. The van der Waals surface area contributed by atoms with Crippen molar-refractivity contribution in [1.82, 2.24) is 4.68 Å². The lowest BCUT2D eigenvalue weighted by molar-refractivity contribution is -0.133. The van der Waals surface area contributed by atoms with Crippen molar-refractivity contribution in [1.29, 1.82) is 0 Å². The number of carbonyl (C=O) groups is 3. The Labute approximate surface area is 215 Å². The van der Waals surface area contributed by atoms with E-state index in [1.54, 1.807) is 60.7 Å². The van der Waals surface area contributed by atoms with Crippen LogP contribution >= 0.6 is 23.2 Å². The fourth-order valence-electron chi connectivity index (χ4n) is 3.46. The first-order valence-corrected chi connectivity index (χ1v) is 11.3. The van der Waals surface area contributed by atoms with E-state index in [9.17, 15) is 14.4 Å². The smallest absolute Gasteiger partial charge is 0.328 e. The van der Waals surface area contributed by atoms with Crippen LogP contribution in [0.3, 0.4) is 0 Å². The predicted octanol–water partition coefficient (Wildman–Crippen LogP) is 4.93. The maximum Gasteiger partial charge on any atom is 0.328 e. The third-order valence-corrected chi connectivity index (χ3v) is 5.92. The van der Waals surface area contributed by atoms with Crippen molar-refractivity contribution >= 4 is 63.2 Å². The van der Waals surface area contributed by atoms with Gasteiger partial charge in [-0.05, 0) is 54.6 Å². The molecular weight excluding hydrogens is 507 g/mol. The molecule has 11 heteroatoms. The Morgan fingerprint density at radius 2 is 1.50 bits per heavy atom. The van der Waals surface area contributed by atoms with Gasteiger partial charge in [0.2, 0.25) is 0 Å². The summed E-state index contributed by atoms with van der Waals surface area (Å²) in [5.74, 6) is -1.52. The number of para-hydroxylation sites is 1. The summed E-state index contributed by atoms with van der Waals surface area (Å²) >= 11 is 12.0. The number of methoxy groups -OCH3 is 2. The van der Waals surface area contributed by atoms with E-state index in [-0.39, 0.29) is 10.7 Å². The topological polar surface area (TPSA) is 111 Å². The molecular formula is C25H20Cl2N4O5. The van der Waals surface area contributed by atoms with Gasteiger partial charge in [0.05, 0.1) is 24.3 Å². The first-order valence-electron chi connectivity index (χ1n) is 10.5. The minimum absolute atomic E-state index is 0.0474. The number of fused-ring (bicyclic) bond motifs is 1. The summed E-state index contributed by atoms with van der Waals surface area (Å²) in [6.07, 6.45) is 0. The molecule has 3 amide bonds. The van der Waals surface area contributed by atoms with Crippen LogP contribution in [0.2, 0.25) is 10.0 Å². The van der Waals surface area contributed by atoms with Gasteiger partial charge in [0.15, 0.2) is 0 Å². The van der Waals surface area contributed by atoms with E-state index < -0.39 is 17.7 Å². The third-order valence-electron chi connectivity index (χ3n) is 5.18. The van der Waals surface area contributed by atoms with E-state index in [4.69, 9.17) is 32.7 Å². The zero-order chi connectivity index (χ0) is 25.8. The second-order valence-electron chi connectivity index (χ2n) is 7.47. The Balaban J connectivity index is 1.64. The first kappa shape index (κ1) is 24.9. The van der Waals surface area contributed by atoms with Crippen molar-refractivity contribution in [2.24, 2.45) is 0 Å². The standard InChI is InChI=1S/C25H20Cl2N4O5/c1-35-17-9-6-15(7-10-17)28-24(33)25(34)30-31-20(12-14-4-3-5-21(36-2)22(14)31)23(32)29-16-8-11-18(26)19(27)13-16/h3-13H,1-2H3,(H,28,33)(H,29,32)(H,30,34). The highest BCUT2D eigenvalue weighted by Gasteiger charge is 2.23. The summed E-state index contributed by atoms with van der Waals surface area (Å²) in [7, 11) is 2.98. The van der Waals surface area contributed by atoms with Crippen LogP contribution in [-0.4, -0.2) is 36.6 Å². The molecule has 4 rings (SSSR count). The summed E-state index contributed by atoms with van der Waals surface area (Å²) in [6, 6.07) is 17.8. The normalized spacial score (nSPS) is 10.6. The number of ether oxygens (including phenoxy) is 2. The molecule has 0 bridgehead atoms. The van der Waals surface area contributed by atoms with E-state index in [1.165, 1.54) is 25.0 Å². The zero-order valence-corrected chi connectivity index (χ0v) is 20.6. The molecule has 0 aliphatic heterocycles. The molecule has 4 aromatic rings. The summed E-state index contributed by atoms with van der Waals surface area (Å²) < 4.78 is 11.7. The van der Waals surface area contributed by atoms with Gasteiger partial charge < -0.3 is 20.1 Å². The average Bonchev–Trinajstić information content (AvgIpc) is 3.25. The Morgan fingerprint density at radius 1 is 0.778 bits per heavy atom. The Bertz CT molecular complexity index is 1470. The number of hydrogen-bond donors (Lipinski definition) is 3. The van der Waals surface area contributed by atoms with Crippen LogP contribution in [0.4, 0.5) is 11.4 Å². The van der Waals surface area contributed by atoms with Gasteiger partial charge in [-0.15, -0.1) is 0 Å². The van der Waals surface area contributed by atoms with E-state index in [2.05, 4.69) is 16.1 Å². The van der Waals surface area contributed by atoms with Crippen molar-refractivity contribution in [3.8, 4) is 11.5 Å². The molecule has 0 saturated carbocycles. The van der Waals surface area contributed by atoms with Crippen LogP contribution in [0.15, 0.2) is 66.7 Å². The molecule has 36 heavy (non-hydrogen) atoms. The van der Waals surface area contributed by atoms with E-state index in [1.807, 2.05) is 0 Å². The van der Waals surface area contributed by atoms with Gasteiger partial charge in [-0.2, -0.15) is 0 Å². The van der Waals surface area contributed by atoms with E-state index >= 15 is 0 Å². The number of halogens is 2. The molecule has 0 unspecified atom stereocenters. The summed E-state index contributed by atoms with van der Waals surface area (Å²) in [5.41, 5.74) is 3.71. The van der Waals surface area contributed by atoms with Crippen molar-refractivity contribution in [2.75, 3.05) is 30.3 Å². The van der Waals surface area contributed by atoms with Crippen LogP contribution in [0, 0.1) is 0 Å². The van der Waals surface area contributed by atoms with Crippen LogP contribution in [0.25, 0.3) is 10.9 Å². The molecule has 0 atom stereocenters. The van der Waals surface area contributed by atoms with Crippen LogP contribution in [-0.2, 0) is 9.59 Å². The van der Waals surface area contributed by atoms with Crippen molar-refractivity contribution < 1.29 is 23.9 Å². The summed E-state index contributed by atoms with van der Waals surface area (Å²) in [6.45, 7) is 0. The molecule has 0 radical (unpaired) electrons. The lowest BCUT2D eigenvalue weighted by atomic mass is 10.2. The van der Waals surface area contributed by atoms with Gasteiger partial charge >= 0.3 is 11.8 Å². The van der Waals surface area contributed by atoms with Crippen molar-refractivity contribution in [3.05, 3.63) is 82.5 Å². The minimum Gasteiger partial charge on any atom is -0.497 e. The number of aromatic nitrogens is 1. The van der Waals surface area contributed by atoms with Crippen molar-refractivity contribution in [2.45, 2.75) is 0 Å². The summed E-state index contributed by atoms with van der Waals surface area (Å²) in [4.78, 5) is 38.6. The highest BCUT2D eigenvalue weighted by Crippen LogP contribution is 2.29. The SMILES string of the molecule is COc1ccc(NC(=O)C(=O)Nn2c(C(=O)Nc3ccc(Cl)c(Cl)c3)cc3cccc(OC)c32)cc1. The number of nitrogens with one attached hydrogen (secondary N) is 3. The number of hydrogen-bond acceptors (Lipinski definition) is 5. The molecule has 3 N–H and O–H groups in total. The predicted molar refractivity (Wildman–Crippen MR) is 139 cm³/mol. The minimum atomic E-state index is -1.00. The first-order chi connectivity index (χ1) is 17.3. The fourth-order valence-corrected chi connectivity index (χ4v) is 3.76. The van der Waals surface area contributed by atoms with Gasteiger partial charge in [-0.3, -0.25) is 19.8 Å². The van der Waals surface area contributed by atoms with Crippen molar-refractivity contribution in [3.63, 3.8) is 0 Å². The number of rotatable bonds is 6. The second-order valence-corrected chi connectivity index (χ2v) is 8.28. The van der Waals surface area contributed by atoms with Crippen LogP contribution < -0.4 is 25.5 Å². The van der Waals surface area contributed by atoms with Crippen LogP contribution in [0.5, 0.6) is 11.5 Å². The fraction of sp³-hybridized carbons (Fsp3) is 0.0800. The molecule has 184 valence electrons. The number of carbonyl (C=O) groups excluding carboxylic acids is 3. The molecule has 0 aliphatic carbocycles. The van der Waals surface area contributed by atoms with Gasteiger partial charge in [0.1, 0.15) is 22.7 Å². The Hall–Kier alpha value is -4.21. The lowest BCUT2D eigenvalue weighted by Gasteiger charge is -2.14. The van der Waals surface area contributed by atoms with E-state index in [0.717, 1.165) is 0 Å². The maximum absolute atomic E-state index is 13.2. The largest absolute Gasteiger partial charge is 0.497 e.